The van der Waals surface area contributed by atoms with Crippen LogP contribution >= 0.6 is 23.2 Å². The van der Waals surface area contributed by atoms with Crippen molar-refractivity contribution in [1.29, 1.82) is 0 Å². The maximum Gasteiger partial charge on any atom is 0.261 e. The number of benzene rings is 4. The predicted octanol–water partition coefficient (Wildman–Crippen LogP) is 7.77. The van der Waals surface area contributed by atoms with E-state index in [4.69, 9.17) is 23.2 Å². The molecule has 4 aromatic rings. The Kier molecular flexibility index (Phi) is 5.52. The number of nitrogens with one attached hydrogen (secondary N) is 2. The van der Waals surface area contributed by atoms with Crippen molar-refractivity contribution in [2.75, 3.05) is 10.0 Å². The van der Waals surface area contributed by atoms with Gasteiger partial charge in [0.05, 0.1) is 16.6 Å². The summed E-state index contributed by atoms with van der Waals surface area (Å²) >= 11 is 13.1. The summed E-state index contributed by atoms with van der Waals surface area (Å²) in [4.78, 5) is 0.235. The molecule has 0 aromatic heterocycles. The van der Waals surface area contributed by atoms with Gasteiger partial charge < -0.3 is 5.32 Å². The van der Waals surface area contributed by atoms with Crippen molar-refractivity contribution < 1.29 is 8.42 Å². The van der Waals surface area contributed by atoms with Crippen LogP contribution in [0.3, 0.4) is 0 Å². The molecule has 35 heavy (non-hydrogen) atoms. The lowest BCUT2D eigenvalue weighted by Gasteiger charge is -2.38. The first-order valence-corrected chi connectivity index (χ1v) is 13.7. The molecule has 0 saturated carbocycles. The average molecular weight is 521 g/mol. The van der Waals surface area contributed by atoms with Gasteiger partial charge in [0.1, 0.15) is 0 Å². The van der Waals surface area contributed by atoms with Gasteiger partial charge in [-0.15, -0.1) is 0 Å². The lowest BCUT2D eigenvalue weighted by molar-refractivity contribution is 0.425. The van der Waals surface area contributed by atoms with Crippen LogP contribution in [-0.4, -0.2) is 8.42 Å². The van der Waals surface area contributed by atoms with E-state index >= 15 is 0 Å². The second-order valence-corrected chi connectivity index (χ2v) is 11.5. The molecule has 1 heterocycles. The third-order valence-corrected chi connectivity index (χ3v) is 9.01. The average Bonchev–Trinajstić information content (AvgIpc) is 3.34. The Morgan fingerprint density at radius 1 is 0.886 bits per heavy atom. The Morgan fingerprint density at radius 2 is 1.63 bits per heavy atom. The fourth-order valence-corrected chi connectivity index (χ4v) is 7.10. The molecule has 4 nitrogen and oxygen atoms in total. The molecule has 0 amide bonds. The van der Waals surface area contributed by atoms with Crippen LogP contribution in [0.5, 0.6) is 0 Å². The third-order valence-electron chi connectivity index (χ3n) is 6.99. The number of allylic oxidation sites excluding steroid dienone is 2. The zero-order valence-electron chi connectivity index (χ0n) is 18.6. The predicted molar refractivity (Wildman–Crippen MR) is 144 cm³/mol. The molecule has 3 atom stereocenters. The first kappa shape index (κ1) is 22.5. The molecule has 7 heteroatoms. The standard InChI is InChI=1S/C28H22Cl2N2O2S/c29-23-11-5-12-24(30)27(23)28-21-10-4-9-20(21)22-16-18(14-15-25(22)31-28)35(33,34)32-26-13-3-7-17-6-1-2-8-19(17)26/h1-9,11-16,20-21,28,31-32H,10H2/t20-,21+,28-/m0/s1. The maximum atomic E-state index is 13.4. The van der Waals surface area contributed by atoms with Crippen LogP contribution in [0.15, 0.2) is 95.9 Å². The molecular formula is C28H22Cl2N2O2S. The maximum absolute atomic E-state index is 13.4. The van der Waals surface area contributed by atoms with Crippen LogP contribution in [0.1, 0.15) is 29.5 Å². The normalized spacial score (nSPS) is 20.8. The van der Waals surface area contributed by atoms with E-state index in [1.807, 2.05) is 60.7 Å². The third kappa shape index (κ3) is 3.88. The number of anilines is 2. The summed E-state index contributed by atoms with van der Waals surface area (Å²) in [6, 6.07) is 24.1. The molecular weight excluding hydrogens is 499 g/mol. The minimum Gasteiger partial charge on any atom is -0.378 e. The Balaban J connectivity index is 1.38. The van der Waals surface area contributed by atoms with E-state index in [-0.39, 0.29) is 22.8 Å². The number of rotatable bonds is 4. The van der Waals surface area contributed by atoms with Gasteiger partial charge >= 0.3 is 0 Å². The number of fused-ring (bicyclic) bond motifs is 4. The summed E-state index contributed by atoms with van der Waals surface area (Å²) in [5.41, 5.74) is 3.30. The van der Waals surface area contributed by atoms with Gasteiger partial charge in [-0.2, -0.15) is 0 Å². The lowest BCUT2D eigenvalue weighted by Crippen LogP contribution is -2.29. The van der Waals surface area contributed by atoms with Crippen molar-refractivity contribution in [3.05, 3.63) is 112 Å². The van der Waals surface area contributed by atoms with Crippen molar-refractivity contribution in [2.45, 2.75) is 23.3 Å². The molecule has 0 fully saturated rings. The Labute approximate surface area is 214 Å². The van der Waals surface area contributed by atoms with E-state index in [2.05, 4.69) is 22.2 Å². The molecule has 2 N–H and O–H groups in total. The van der Waals surface area contributed by atoms with Gasteiger partial charge in [0.15, 0.2) is 0 Å². The smallest absolute Gasteiger partial charge is 0.261 e. The molecule has 4 aromatic carbocycles. The van der Waals surface area contributed by atoms with Crippen LogP contribution in [0.2, 0.25) is 10.0 Å². The van der Waals surface area contributed by atoms with Gasteiger partial charge in [-0.3, -0.25) is 4.72 Å². The molecule has 2 aliphatic rings. The number of halogens is 2. The highest BCUT2D eigenvalue weighted by atomic mass is 35.5. The van der Waals surface area contributed by atoms with E-state index in [0.29, 0.717) is 15.7 Å². The summed E-state index contributed by atoms with van der Waals surface area (Å²) in [6.07, 6.45) is 5.17. The molecule has 1 aliphatic carbocycles. The Morgan fingerprint density at radius 3 is 2.46 bits per heavy atom. The molecule has 0 spiro atoms. The van der Waals surface area contributed by atoms with Gasteiger partial charge in [0, 0.05) is 32.6 Å². The number of sulfonamides is 1. The van der Waals surface area contributed by atoms with Gasteiger partial charge in [-0.05, 0) is 59.7 Å². The lowest BCUT2D eigenvalue weighted by atomic mass is 9.77. The zero-order valence-corrected chi connectivity index (χ0v) is 20.9. The monoisotopic (exact) mass is 520 g/mol. The largest absolute Gasteiger partial charge is 0.378 e. The fourth-order valence-electron chi connectivity index (χ4n) is 5.35. The molecule has 0 unspecified atom stereocenters. The van der Waals surface area contributed by atoms with Crippen LogP contribution in [0.4, 0.5) is 11.4 Å². The first-order chi connectivity index (χ1) is 16.9. The summed E-state index contributed by atoms with van der Waals surface area (Å²) in [5.74, 6) is 0.250. The van der Waals surface area contributed by atoms with Gasteiger partial charge in [0.25, 0.3) is 10.0 Å². The highest BCUT2D eigenvalue weighted by Crippen LogP contribution is 2.52. The first-order valence-electron chi connectivity index (χ1n) is 11.4. The fraction of sp³-hybridized carbons (Fsp3) is 0.143. The van der Waals surface area contributed by atoms with Gasteiger partial charge in [-0.25, -0.2) is 8.42 Å². The SMILES string of the molecule is O=S(=O)(Nc1cccc2ccccc12)c1ccc2c(c1)[C@H]1C=CC[C@H]1[C@@H](c1c(Cl)cccc1Cl)N2. The molecule has 0 bridgehead atoms. The van der Waals surface area contributed by atoms with Gasteiger partial charge in [0.2, 0.25) is 0 Å². The van der Waals surface area contributed by atoms with Crippen molar-refractivity contribution in [2.24, 2.45) is 5.92 Å². The van der Waals surface area contributed by atoms with Crippen molar-refractivity contribution in [3.63, 3.8) is 0 Å². The molecule has 0 radical (unpaired) electrons. The quantitative estimate of drug-likeness (QED) is 0.270. The molecule has 0 saturated heterocycles. The molecule has 176 valence electrons. The van der Waals surface area contributed by atoms with E-state index in [1.165, 1.54) is 0 Å². The number of hydrogen-bond acceptors (Lipinski definition) is 3. The Hall–Kier alpha value is -2.99. The van der Waals surface area contributed by atoms with Crippen LogP contribution in [0.25, 0.3) is 10.8 Å². The topological polar surface area (TPSA) is 58.2 Å². The van der Waals surface area contributed by atoms with E-state index < -0.39 is 10.0 Å². The summed E-state index contributed by atoms with van der Waals surface area (Å²) in [7, 11) is -3.79. The highest BCUT2D eigenvalue weighted by Gasteiger charge is 2.40. The summed E-state index contributed by atoms with van der Waals surface area (Å²) < 4.78 is 29.6. The second kappa shape index (κ2) is 8.59. The van der Waals surface area contributed by atoms with E-state index in [9.17, 15) is 8.42 Å². The van der Waals surface area contributed by atoms with Crippen molar-refractivity contribution >= 4 is 55.4 Å². The van der Waals surface area contributed by atoms with Crippen LogP contribution in [0, 0.1) is 5.92 Å². The highest BCUT2D eigenvalue weighted by molar-refractivity contribution is 7.92. The Bertz CT molecular complexity index is 1570. The minimum absolute atomic E-state index is 0.0660. The van der Waals surface area contributed by atoms with Crippen LogP contribution in [-0.2, 0) is 10.0 Å². The van der Waals surface area contributed by atoms with Gasteiger partial charge in [-0.1, -0.05) is 77.8 Å². The minimum atomic E-state index is -3.79. The molecule has 1 aliphatic heterocycles. The van der Waals surface area contributed by atoms with Crippen LogP contribution < -0.4 is 10.0 Å². The summed E-state index contributed by atoms with van der Waals surface area (Å²) in [6.45, 7) is 0. The van der Waals surface area contributed by atoms with Crippen molar-refractivity contribution in [1.82, 2.24) is 0 Å². The van der Waals surface area contributed by atoms with Crippen molar-refractivity contribution in [3.8, 4) is 0 Å². The summed E-state index contributed by atoms with van der Waals surface area (Å²) in [5, 5.41) is 6.68. The van der Waals surface area contributed by atoms with E-state index in [1.54, 1.807) is 18.2 Å². The second-order valence-electron chi connectivity index (χ2n) is 8.99. The van der Waals surface area contributed by atoms with E-state index in [0.717, 1.165) is 34.0 Å². The molecule has 6 rings (SSSR count). The zero-order chi connectivity index (χ0) is 24.2. The number of hydrogen-bond donors (Lipinski definition) is 2.